The fourth-order valence-corrected chi connectivity index (χ4v) is 1.71. The molecule has 4 heteroatoms. The number of hydrogen-bond donors (Lipinski definition) is 1. The smallest absolute Gasteiger partial charge is 0.119 e. The van der Waals surface area contributed by atoms with Crippen molar-refractivity contribution in [2.75, 3.05) is 11.9 Å². The zero-order chi connectivity index (χ0) is 12.8. The lowest BCUT2D eigenvalue weighted by molar-refractivity contribution is 0.340. The van der Waals surface area contributed by atoms with Crippen LogP contribution in [0.1, 0.15) is 18.1 Å². The van der Waals surface area contributed by atoms with Crippen LogP contribution >= 0.6 is 0 Å². The minimum absolute atomic E-state index is 0.688. The van der Waals surface area contributed by atoms with Crippen LogP contribution in [0.15, 0.2) is 36.9 Å². The van der Waals surface area contributed by atoms with E-state index in [4.69, 9.17) is 4.74 Å². The van der Waals surface area contributed by atoms with Crippen molar-refractivity contribution in [1.29, 1.82) is 0 Å². The third kappa shape index (κ3) is 3.20. The van der Waals surface area contributed by atoms with E-state index in [0.717, 1.165) is 29.1 Å². The van der Waals surface area contributed by atoms with E-state index in [9.17, 15) is 0 Å². The SMILES string of the molecule is CCOc1ccc(NCc2cncnc2)c(C)c1. The van der Waals surface area contributed by atoms with E-state index in [-0.39, 0.29) is 0 Å². The Morgan fingerprint density at radius 1 is 1.22 bits per heavy atom. The van der Waals surface area contributed by atoms with Crippen LogP contribution in [0.4, 0.5) is 5.69 Å². The van der Waals surface area contributed by atoms with E-state index in [1.54, 1.807) is 0 Å². The molecule has 0 atom stereocenters. The topological polar surface area (TPSA) is 47.0 Å². The largest absolute Gasteiger partial charge is 0.494 e. The van der Waals surface area contributed by atoms with E-state index < -0.39 is 0 Å². The van der Waals surface area contributed by atoms with E-state index >= 15 is 0 Å². The van der Waals surface area contributed by atoms with Crippen LogP contribution in [0.5, 0.6) is 5.75 Å². The van der Waals surface area contributed by atoms with Crippen LogP contribution < -0.4 is 10.1 Å². The Hall–Kier alpha value is -2.10. The fourth-order valence-electron chi connectivity index (χ4n) is 1.71. The summed E-state index contributed by atoms with van der Waals surface area (Å²) in [6.07, 6.45) is 5.15. The van der Waals surface area contributed by atoms with Gasteiger partial charge in [0.15, 0.2) is 0 Å². The Kier molecular flexibility index (Phi) is 4.12. The van der Waals surface area contributed by atoms with E-state index in [2.05, 4.69) is 22.2 Å². The molecule has 4 nitrogen and oxygen atoms in total. The molecule has 0 radical (unpaired) electrons. The molecule has 1 N–H and O–H groups in total. The van der Waals surface area contributed by atoms with E-state index in [1.807, 2.05) is 37.5 Å². The lowest BCUT2D eigenvalue weighted by Crippen LogP contribution is -2.02. The predicted molar refractivity (Wildman–Crippen MR) is 71.7 cm³/mol. The van der Waals surface area contributed by atoms with Gasteiger partial charge < -0.3 is 10.1 Å². The maximum absolute atomic E-state index is 5.46. The van der Waals surface area contributed by atoms with Gasteiger partial charge in [0.2, 0.25) is 0 Å². The summed E-state index contributed by atoms with van der Waals surface area (Å²) in [6.45, 7) is 5.45. The molecule has 0 bridgehead atoms. The van der Waals surface area contributed by atoms with Crippen LogP contribution in [0.25, 0.3) is 0 Å². The van der Waals surface area contributed by atoms with Crippen molar-refractivity contribution >= 4 is 5.69 Å². The van der Waals surface area contributed by atoms with E-state index in [1.165, 1.54) is 6.33 Å². The second-order valence-corrected chi connectivity index (χ2v) is 4.01. The first-order chi connectivity index (χ1) is 8.79. The monoisotopic (exact) mass is 243 g/mol. The Labute approximate surface area is 107 Å². The standard InChI is InChI=1S/C14H17N3O/c1-3-18-13-4-5-14(11(2)6-13)17-9-12-7-15-10-16-8-12/h4-8,10,17H,3,9H2,1-2H3. The van der Waals surface area contributed by atoms with Gasteiger partial charge in [-0.2, -0.15) is 0 Å². The highest BCUT2D eigenvalue weighted by Crippen LogP contribution is 2.21. The molecule has 1 heterocycles. The Balaban J connectivity index is 2.01. The molecule has 2 aromatic rings. The minimum atomic E-state index is 0.688. The van der Waals surface area contributed by atoms with Gasteiger partial charge >= 0.3 is 0 Å². The summed E-state index contributed by atoms with van der Waals surface area (Å²) in [5, 5.41) is 3.36. The first-order valence-electron chi connectivity index (χ1n) is 6.01. The number of nitrogens with zero attached hydrogens (tertiary/aromatic N) is 2. The molecule has 18 heavy (non-hydrogen) atoms. The van der Waals surface area contributed by atoms with Crippen LogP contribution in [-0.4, -0.2) is 16.6 Å². The van der Waals surface area contributed by atoms with Gasteiger partial charge in [-0.1, -0.05) is 0 Å². The van der Waals surface area contributed by atoms with Gasteiger partial charge in [0, 0.05) is 30.2 Å². The van der Waals surface area contributed by atoms with Crippen molar-refractivity contribution in [3.05, 3.63) is 48.0 Å². The molecule has 0 aliphatic heterocycles. The third-order valence-electron chi connectivity index (χ3n) is 2.61. The van der Waals surface area contributed by atoms with Crippen LogP contribution in [0.3, 0.4) is 0 Å². The van der Waals surface area contributed by atoms with Crippen molar-refractivity contribution < 1.29 is 4.74 Å². The highest BCUT2D eigenvalue weighted by molar-refractivity contribution is 5.53. The van der Waals surface area contributed by atoms with Gasteiger partial charge in [-0.15, -0.1) is 0 Å². The Morgan fingerprint density at radius 2 is 2.00 bits per heavy atom. The molecule has 1 aromatic heterocycles. The fraction of sp³-hybridized carbons (Fsp3) is 0.286. The summed E-state index contributed by atoms with van der Waals surface area (Å²) >= 11 is 0. The predicted octanol–water partition coefficient (Wildman–Crippen LogP) is 2.80. The molecule has 0 amide bonds. The number of rotatable bonds is 5. The number of nitrogens with one attached hydrogen (secondary N) is 1. The van der Waals surface area contributed by atoms with Crippen LogP contribution in [-0.2, 0) is 6.54 Å². The summed E-state index contributed by atoms with van der Waals surface area (Å²) in [5.74, 6) is 0.906. The van der Waals surface area contributed by atoms with Gasteiger partial charge in [-0.25, -0.2) is 9.97 Å². The molecule has 0 fully saturated rings. The summed E-state index contributed by atoms with van der Waals surface area (Å²) in [5.41, 5.74) is 3.32. The van der Waals surface area contributed by atoms with Gasteiger partial charge in [0.1, 0.15) is 12.1 Å². The number of hydrogen-bond acceptors (Lipinski definition) is 4. The van der Waals surface area contributed by atoms with Gasteiger partial charge in [-0.05, 0) is 37.6 Å². The maximum atomic E-state index is 5.46. The molecular formula is C14H17N3O. The molecule has 1 aromatic carbocycles. The number of aromatic nitrogens is 2. The van der Waals surface area contributed by atoms with Crippen molar-refractivity contribution in [2.24, 2.45) is 0 Å². The summed E-state index contributed by atoms with van der Waals surface area (Å²) in [6, 6.07) is 6.04. The molecule has 94 valence electrons. The second kappa shape index (κ2) is 6.00. The molecule has 0 unspecified atom stereocenters. The molecule has 2 rings (SSSR count). The van der Waals surface area contributed by atoms with Crippen LogP contribution in [0, 0.1) is 6.92 Å². The Morgan fingerprint density at radius 3 is 2.67 bits per heavy atom. The maximum Gasteiger partial charge on any atom is 0.119 e. The zero-order valence-electron chi connectivity index (χ0n) is 10.7. The molecule has 0 saturated carbocycles. The molecule has 0 spiro atoms. The zero-order valence-corrected chi connectivity index (χ0v) is 10.7. The highest BCUT2D eigenvalue weighted by Gasteiger charge is 2.01. The summed E-state index contributed by atoms with van der Waals surface area (Å²) in [4.78, 5) is 7.97. The highest BCUT2D eigenvalue weighted by atomic mass is 16.5. The molecular weight excluding hydrogens is 226 g/mol. The second-order valence-electron chi connectivity index (χ2n) is 4.01. The molecule has 0 aliphatic rings. The normalized spacial score (nSPS) is 10.1. The molecule has 0 saturated heterocycles. The first kappa shape index (κ1) is 12.4. The van der Waals surface area contributed by atoms with Gasteiger partial charge in [-0.3, -0.25) is 0 Å². The summed E-state index contributed by atoms with van der Waals surface area (Å²) < 4.78 is 5.46. The van der Waals surface area contributed by atoms with E-state index in [0.29, 0.717) is 6.61 Å². The average molecular weight is 243 g/mol. The van der Waals surface area contributed by atoms with Crippen molar-refractivity contribution in [1.82, 2.24) is 9.97 Å². The minimum Gasteiger partial charge on any atom is -0.494 e. The number of ether oxygens (including phenoxy) is 1. The summed E-state index contributed by atoms with van der Waals surface area (Å²) in [7, 11) is 0. The lowest BCUT2D eigenvalue weighted by Gasteiger charge is -2.11. The van der Waals surface area contributed by atoms with Crippen molar-refractivity contribution in [3.8, 4) is 5.75 Å². The quantitative estimate of drug-likeness (QED) is 0.877. The average Bonchev–Trinajstić information content (AvgIpc) is 2.39. The van der Waals surface area contributed by atoms with Crippen molar-refractivity contribution in [3.63, 3.8) is 0 Å². The number of benzene rings is 1. The van der Waals surface area contributed by atoms with Gasteiger partial charge in [0.25, 0.3) is 0 Å². The first-order valence-corrected chi connectivity index (χ1v) is 6.01. The number of aryl methyl sites for hydroxylation is 1. The Bertz CT molecular complexity index is 500. The lowest BCUT2D eigenvalue weighted by atomic mass is 10.2. The molecule has 0 aliphatic carbocycles. The third-order valence-corrected chi connectivity index (χ3v) is 2.61. The van der Waals surface area contributed by atoms with Crippen LogP contribution in [0.2, 0.25) is 0 Å². The van der Waals surface area contributed by atoms with Gasteiger partial charge in [0.05, 0.1) is 6.61 Å². The van der Waals surface area contributed by atoms with Crippen molar-refractivity contribution in [2.45, 2.75) is 20.4 Å². The number of anilines is 1.